The molecular weight excluding hydrogens is 268 g/mol. The monoisotopic (exact) mass is 284 g/mol. The number of benzene rings is 1. The minimum absolute atomic E-state index is 0.111. The highest BCUT2D eigenvalue weighted by atomic mass is 32.2. The Kier molecular flexibility index (Phi) is 4.74. The molecule has 2 aromatic carbocycles. The van der Waals surface area contributed by atoms with Crippen molar-refractivity contribution < 1.29 is 4.79 Å². The summed E-state index contributed by atoms with van der Waals surface area (Å²) >= 11 is 0.986. The molecule has 0 amide bonds. The van der Waals surface area contributed by atoms with Gasteiger partial charge in [0.05, 0.1) is 4.90 Å². The lowest BCUT2D eigenvalue weighted by Crippen LogP contribution is -2.01. The first-order valence-electron chi connectivity index (χ1n) is 6.49. The molecule has 0 bridgehead atoms. The fourth-order valence-electron chi connectivity index (χ4n) is 1.77. The molecule has 0 radical (unpaired) electrons. The van der Waals surface area contributed by atoms with Crippen LogP contribution >= 0.6 is 11.8 Å². The van der Waals surface area contributed by atoms with Crippen molar-refractivity contribution in [3.63, 3.8) is 0 Å². The predicted octanol–water partition coefficient (Wildman–Crippen LogP) is 4.10. The molecular formula is C17H16O2S. The maximum absolute atomic E-state index is 12.1. The molecule has 20 heavy (non-hydrogen) atoms. The van der Waals surface area contributed by atoms with E-state index in [9.17, 15) is 9.59 Å². The summed E-state index contributed by atoms with van der Waals surface area (Å²) in [6.45, 7) is 4.14. The van der Waals surface area contributed by atoms with Gasteiger partial charge in [0.1, 0.15) is 0 Å². The van der Waals surface area contributed by atoms with Crippen molar-refractivity contribution in [2.75, 3.05) is 0 Å². The zero-order valence-electron chi connectivity index (χ0n) is 11.5. The zero-order chi connectivity index (χ0) is 14.5. The summed E-state index contributed by atoms with van der Waals surface area (Å²) in [5.41, 5.74) is 1.57. The molecule has 102 valence electrons. The Hall–Kier alpha value is -1.87. The summed E-state index contributed by atoms with van der Waals surface area (Å²) in [6.07, 6.45) is 0. The number of hydrogen-bond donors (Lipinski definition) is 0. The zero-order valence-corrected chi connectivity index (χ0v) is 12.3. The maximum atomic E-state index is 12.1. The van der Waals surface area contributed by atoms with Gasteiger partial charge in [0.15, 0.2) is 5.43 Å². The van der Waals surface area contributed by atoms with Gasteiger partial charge in [-0.2, -0.15) is 0 Å². The second-order valence-corrected chi connectivity index (χ2v) is 5.82. The second kappa shape index (κ2) is 6.53. The Morgan fingerprint density at radius 2 is 1.60 bits per heavy atom. The van der Waals surface area contributed by atoms with E-state index in [2.05, 4.69) is 13.8 Å². The third-order valence-corrected chi connectivity index (χ3v) is 3.95. The summed E-state index contributed by atoms with van der Waals surface area (Å²) < 4.78 is 0. The van der Waals surface area contributed by atoms with Crippen molar-refractivity contribution in [2.45, 2.75) is 24.7 Å². The topological polar surface area (TPSA) is 34.1 Å². The summed E-state index contributed by atoms with van der Waals surface area (Å²) in [5, 5.41) is -0.111. The number of rotatable bonds is 3. The van der Waals surface area contributed by atoms with Crippen molar-refractivity contribution in [1.29, 1.82) is 0 Å². The van der Waals surface area contributed by atoms with E-state index in [0.717, 1.165) is 17.3 Å². The molecule has 0 aliphatic heterocycles. The molecule has 0 spiro atoms. The van der Waals surface area contributed by atoms with Gasteiger partial charge in [-0.05, 0) is 35.4 Å². The first kappa shape index (κ1) is 14.5. The highest BCUT2D eigenvalue weighted by Gasteiger charge is 2.09. The van der Waals surface area contributed by atoms with Crippen molar-refractivity contribution >= 4 is 16.9 Å². The minimum atomic E-state index is -0.119. The normalized spacial score (nSPS) is 10.6. The van der Waals surface area contributed by atoms with E-state index in [1.54, 1.807) is 18.2 Å². The van der Waals surface area contributed by atoms with Gasteiger partial charge in [-0.3, -0.25) is 9.59 Å². The van der Waals surface area contributed by atoms with Crippen LogP contribution in [0.2, 0.25) is 0 Å². The smallest absolute Gasteiger partial charge is 0.224 e. The highest BCUT2D eigenvalue weighted by Crippen LogP contribution is 2.20. The fourth-order valence-corrected chi connectivity index (χ4v) is 2.52. The lowest BCUT2D eigenvalue weighted by molar-refractivity contribution is 0.108. The molecule has 0 atom stereocenters. The number of hydrogen-bond acceptors (Lipinski definition) is 3. The van der Waals surface area contributed by atoms with Crippen LogP contribution in [0.15, 0.2) is 64.3 Å². The van der Waals surface area contributed by atoms with Crippen molar-refractivity contribution in [3.05, 3.63) is 75.9 Å². The second-order valence-electron chi connectivity index (χ2n) is 4.81. The minimum Gasteiger partial charge on any atom is -0.289 e. The number of carbonyl (C=O) groups is 1. The van der Waals surface area contributed by atoms with E-state index < -0.39 is 0 Å². The Morgan fingerprint density at radius 1 is 0.950 bits per heavy atom. The van der Waals surface area contributed by atoms with Gasteiger partial charge in [-0.25, -0.2) is 0 Å². The van der Waals surface area contributed by atoms with Crippen molar-refractivity contribution in [2.24, 2.45) is 0 Å². The standard InChI is InChI=1S/C17H16O2S/c1-12(2)13-8-10-15(18)16(11-9-13)20-17(19)14-6-4-3-5-7-14/h3-12H,1-2H3. The van der Waals surface area contributed by atoms with E-state index in [1.807, 2.05) is 30.3 Å². The van der Waals surface area contributed by atoms with E-state index in [1.165, 1.54) is 6.07 Å². The molecule has 2 rings (SSSR count). The quantitative estimate of drug-likeness (QED) is 0.796. The summed E-state index contributed by atoms with van der Waals surface area (Å²) in [7, 11) is 0. The van der Waals surface area contributed by atoms with Gasteiger partial charge in [0, 0.05) is 5.56 Å². The van der Waals surface area contributed by atoms with Gasteiger partial charge in [-0.15, -0.1) is 0 Å². The number of thioether (sulfide) groups is 1. The molecule has 3 heteroatoms. The molecule has 2 aromatic rings. The maximum Gasteiger partial charge on any atom is 0.224 e. The van der Waals surface area contributed by atoms with Crippen LogP contribution in [0.3, 0.4) is 0 Å². The first-order chi connectivity index (χ1) is 9.58. The summed E-state index contributed by atoms with van der Waals surface area (Å²) in [4.78, 5) is 24.6. The van der Waals surface area contributed by atoms with Crippen LogP contribution in [0.4, 0.5) is 0 Å². The third-order valence-electron chi connectivity index (χ3n) is 2.98. The molecule has 0 saturated carbocycles. The molecule has 0 fully saturated rings. The lowest BCUT2D eigenvalue weighted by atomic mass is 10.1. The molecule has 0 saturated heterocycles. The Balaban J connectivity index is 2.28. The van der Waals surface area contributed by atoms with Crippen LogP contribution in [0.5, 0.6) is 0 Å². The molecule has 0 aromatic heterocycles. The lowest BCUT2D eigenvalue weighted by Gasteiger charge is -2.00. The average molecular weight is 284 g/mol. The molecule has 0 aliphatic rings. The molecule has 0 aliphatic carbocycles. The SMILES string of the molecule is CC(C)c1ccc(SC(=O)c2ccccc2)c(=O)cc1. The van der Waals surface area contributed by atoms with Gasteiger partial charge < -0.3 is 0 Å². The van der Waals surface area contributed by atoms with Crippen LogP contribution in [0.25, 0.3) is 0 Å². The third kappa shape index (κ3) is 3.58. The van der Waals surface area contributed by atoms with Gasteiger partial charge in [0.2, 0.25) is 5.12 Å². The molecule has 2 nitrogen and oxygen atoms in total. The Bertz CT molecular complexity index is 663. The van der Waals surface area contributed by atoms with Crippen LogP contribution in [-0.4, -0.2) is 5.12 Å². The van der Waals surface area contributed by atoms with E-state index in [0.29, 0.717) is 16.4 Å². The van der Waals surface area contributed by atoms with Crippen LogP contribution in [0, 0.1) is 0 Å². The fraction of sp³-hybridized carbons (Fsp3) is 0.176. The van der Waals surface area contributed by atoms with Crippen LogP contribution in [-0.2, 0) is 0 Å². The van der Waals surface area contributed by atoms with Crippen molar-refractivity contribution in [3.8, 4) is 0 Å². The van der Waals surface area contributed by atoms with Gasteiger partial charge in [0.25, 0.3) is 0 Å². The number of carbonyl (C=O) groups excluding carboxylic acids is 1. The average Bonchev–Trinajstić information content (AvgIpc) is 2.63. The molecule has 0 heterocycles. The first-order valence-corrected chi connectivity index (χ1v) is 7.31. The van der Waals surface area contributed by atoms with Crippen LogP contribution in [0.1, 0.15) is 35.7 Å². The van der Waals surface area contributed by atoms with Crippen molar-refractivity contribution in [1.82, 2.24) is 0 Å². The predicted molar refractivity (Wildman–Crippen MR) is 83.4 cm³/mol. The molecule has 0 unspecified atom stereocenters. The largest absolute Gasteiger partial charge is 0.289 e. The van der Waals surface area contributed by atoms with Gasteiger partial charge >= 0.3 is 0 Å². The highest BCUT2D eigenvalue weighted by molar-refractivity contribution is 8.14. The van der Waals surface area contributed by atoms with E-state index in [4.69, 9.17) is 0 Å². The van der Waals surface area contributed by atoms with E-state index >= 15 is 0 Å². The van der Waals surface area contributed by atoms with Gasteiger partial charge in [-0.1, -0.05) is 56.3 Å². The van der Waals surface area contributed by atoms with Crippen LogP contribution < -0.4 is 5.43 Å². The van der Waals surface area contributed by atoms with E-state index in [-0.39, 0.29) is 10.5 Å². The summed E-state index contributed by atoms with van der Waals surface area (Å²) in [6, 6.07) is 16.0. The Morgan fingerprint density at radius 3 is 2.25 bits per heavy atom. The molecule has 0 N–H and O–H groups in total. The summed E-state index contributed by atoms with van der Waals surface area (Å²) in [5.74, 6) is 0.351. The Labute approximate surface area is 122 Å².